The van der Waals surface area contributed by atoms with Gasteiger partial charge in [-0.25, -0.2) is 9.37 Å². The van der Waals surface area contributed by atoms with Crippen LogP contribution >= 0.6 is 0 Å². The Morgan fingerprint density at radius 3 is 2.85 bits per heavy atom. The van der Waals surface area contributed by atoms with E-state index in [4.69, 9.17) is 0 Å². The van der Waals surface area contributed by atoms with Crippen LogP contribution in [0.3, 0.4) is 0 Å². The summed E-state index contributed by atoms with van der Waals surface area (Å²) in [6, 6.07) is 1.26. The molecule has 0 radical (unpaired) electrons. The summed E-state index contributed by atoms with van der Waals surface area (Å²) in [5, 5.41) is 2.85. The second-order valence-electron chi connectivity index (χ2n) is 6.11. The van der Waals surface area contributed by atoms with E-state index in [1.54, 1.807) is 7.05 Å². The lowest BCUT2D eigenvalue weighted by atomic mass is 9.85. The molecule has 20 heavy (non-hydrogen) atoms. The van der Waals surface area contributed by atoms with E-state index in [2.05, 4.69) is 24.1 Å². The van der Waals surface area contributed by atoms with Crippen LogP contribution in [0.4, 0.5) is 10.2 Å². The molecular weight excluding hydrogens is 257 g/mol. The van der Waals surface area contributed by atoms with Crippen LogP contribution in [0, 0.1) is 11.2 Å². The Labute approximate surface area is 119 Å². The molecule has 0 bridgehead atoms. The van der Waals surface area contributed by atoms with Crippen LogP contribution in [0.25, 0.3) is 0 Å². The molecule has 4 nitrogen and oxygen atoms in total. The van der Waals surface area contributed by atoms with Crippen LogP contribution in [0.5, 0.6) is 0 Å². The van der Waals surface area contributed by atoms with Gasteiger partial charge in [-0.05, 0) is 30.7 Å². The number of pyridine rings is 1. The molecule has 0 aromatic carbocycles. The first-order valence-corrected chi connectivity index (χ1v) is 7.05. The molecule has 1 fully saturated rings. The Balaban J connectivity index is 2.21. The Hall–Kier alpha value is -1.65. The number of nitrogens with one attached hydrogen (secondary N) is 1. The maximum absolute atomic E-state index is 13.4. The molecule has 2 rings (SSSR count). The third-order valence-electron chi connectivity index (χ3n) is 3.95. The van der Waals surface area contributed by atoms with Crippen molar-refractivity contribution in [2.45, 2.75) is 33.1 Å². The van der Waals surface area contributed by atoms with Crippen LogP contribution in [0.2, 0.25) is 0 Å². The number of hydrogen-bond acceptors (Lipinski definition) is 3. The summed E-state index contributed by atoms with van der Waals surface area (Å²) in [4.78, 5) is 18.3. The summed E-state index contributed by atoms with van der Waals surface area (Å²) in [6.07, 6.45) is 4.18. The van der Waals surface area contributed by atoms with Crippen LogP contribution in [-0.4, -0.2) is 35.9 Å². The fourth-order valence-electron chi connectivity index (χ4n) is 2.60. The van der Waals surface area contributed by atoms with Gasteiger partial charge in [-0.2, -0.15) is 0 Å². The zero-order valence-corrected chi connectivity index (χ0v) is 12.4. The second-order valence-corrected chi connectivity index (χ2v) is 6.11. The van der Waals surface area contributed by atoms with Gasteiger partial charge in [0.05, 0.1) is 11.8 Å². The lowest BCUT2D eigenvalue weighted by Gasteiger charge is -2.24. The predicted molar refractivity (Wildman–Crippen MR) is 77.3 cm³/mol. The molecule has 1 amide bonds. The van der Waals surface area contributed by atoms with Gasteiger partial charge in [-0.1, -0.05) is 13.8 Å². The molecule has 0 unspecified atom stereocenters. The molecule has 5 heteroatoms. The van der Waals surface area contributed by atoms with Gasteiger partial charge in [0.1, 0.15) is 11.6 Å². The van der Waals surface area contributed by atoms with Gasteiger partial charge in [-0.15, -0.1) is 0 Å². The van der Waals surface area contributed by atoms with Crippen molar-refractivity contribution in [2.75, 3.05) is 25.5 Å². The van der Waals surface area contributed by atoms with E-state index in [1.807, 2.05) is 4.90 Å². The first-order valence-electron chi connectivity index (χ1n) is 7.05. The minimum atomic E-state index is -0.484. The molecule has 1 aromatic rings. The fraction of sp³-hybridized carbons (Fsp3) is 0.600. The largest absolute Gasteiger partial charge is 0.372 e. The van der Waals surface area contributed by atoms with Gasteiger partial charge in [0.15, 0.2) is 0 Å². The van der Waals surface area contributed by atoms with Gasteiger partial charge in [0.25, 0.3) is 5.91 Å². The van der Waals surface area contributed by atoms with Crippen molar-refractivity contribution in [3.63, 3.8) is 0 Å². The Kier molecular flexibility index (Phi) is 4.26. The molecule has 0 saturated carbocycles. The van der Waals surface area contributed by atoms with E-state index >= 15 is 0 Å². The predicted octanol–water partition coefficient (Wildman–Crippen LogP) is 2.91. The fourth-order valence-corrected chi connectivity index (χ4v) is 2.60. The second kappa shape index (κ2) is 5.77. The SMILES string of the molecule is CNc1ncc(F)cc1C(=O)N1CCCC(C)(C)CC1. The van der Waals surface area contributed by atoms with Crippen molar-refractivity contribution >= 4 is 11.7 Å². The summed E-state index contributed by atoms with van der Waals surface area (Å²) in [7, 11) is 1.68. The van der Waals surface area contributed by atoms with Crippen molar-refractivity contribution in [2.24, 2.45) is 5.41 Å². The maximum Gasteiger partial charge on any atom is 0.257 e. The first kappa shape index (κ1) is 14.8. The van der Waals surface area contributed by atoms with E-state index in [9.17, 15) is 9.18 Å². The summed E-state index contributed by atoms with van der Waals surface area (Å²) in [5.41, 5.74) is 0.577. The molecule has 1 aromatic heterocycles. The number of aromatic nitrogens is 1. The highest BCUT2D eigenvalue weighted by Gasteiger charge is 2.27. The summed E-state index contributed by atoms with van der Waals surface area (Å²) in [6.45, 7) is 5.89. The number of rotatable bonds is 2. The van der Waals surface area contributed by atoms with E-state index in [0.29, 0.717) is 17.9 Å². The average molecular weight is 279 g/mol. The Morgan fingerprint density at radius 2 is 2.15 bits per heavy atom. The molecule has 1 N–H and O–H groups in total. The van der Waals surface area contributed by atoms with Gasteiger partial charge < -0.3 is 10.2 Å². The molecule has 1 aliphatic rings. The molecule has 1 saturated heterocycles. The van der Waals surface area contributed by atoms with Crippen LogP contribution in [0.15, 0.2) is 12.3 Å². The number of carbonyl (C=O) groups is 1. The number of halogens is 1. The van der Waals surface area contributed by atoms with Gasteiger partial charge in [-0.3, -0.25) is 4.79 Å². The standard InChI is InChI=1S/C15H22FN3O/c1-15(2)5-4-7-19(8-6-15)14(20)12-9-11(16)10-18-13(12)17-3/h9-10H,4-8H2,1-3H3,(H,17,18). The minimum Gasteiger partial charge on any atom is -0.372 e. The number of hydrogen-bond donors (Lipinski definition) is 1. The maximum atomic E-state index is 13.4. The number of amides is 1. The Morgan fingerprint density at radius 1 is 1.40 bits per heavy atom. The van der Waals surface area contributed by atoms with Gasteiger partial charge in [0, 0.05) is 20.1 Å². The van der Waals surface area contributed by atoms with E-state index < -0.39 is 5.82 Å². The summed E-state index contributed by atoms with van der Waals surface area (Å²) < 4.78 is 13.4. The van der Waals surface area contributed by atoms with E-state index in [1.165, 1.54) is 6.07 Å². The van der Waals surface area contributed by atoms with Crippen molar-refractivity contribution in [1.82, 2.24) is 9.88 Å². The quantitative estimate of drug-likeness (QED) is 0.905. The Bertz CT molecular complexity index is 502. The van der Waals surface area contributed by atoms with Gasteiger partial charge in [0.2, 0.25) is 0 Å². The van der Waals surface area contributed by atoms with Gasteiger partial charge >= 0.3 is 0 Å². The highest BCUT2D eigenvalue weighted by atomic mass is 19.1. The molecule has 0 spiro atoms. The zero-order valence-electron chi connectivity index (χ0n) is 12.4. The van der Waals surface area contributed by atoms with E-state index in [-0.39, 0.29) is 11.3 Å². The molecule has 0 aliphatic carbocycles. The third-order valence-corrected chi connectivity index (χ3v) is 3.95. The third kappa shape index (κ3) is 3.26. The van der Waals surface area contributed by atoms with Crippen molar-refractivity contribution in [3.8, 4) is 0 Å². The number of nitrogens with zero attached hydrogens (tertiary/aromatic N) is 2. The molecule has 2 heterocycles. The molecule has 110 valence electrons. The number of anilines is 1. The van der Waals surface area contributed by atoms with Crippen LogP contribution in [-0.2, 0) is 0 Å². The van der Waals surface area contributed by atoms with Crippen LogP contribution < -0.4 is 5.32 Å². The number of likely N-dealkylation sites (tertiary alicyclic amines) is 1. The lowest BCUT2D eigenvalue weighted by Crippen LogP contribution is -2.33. The number of carbonyl (C=O) groups excluding carboxylic acids is 1. The van der Waals surface area contributed by atoms with Crippen molar-refractivity contribution in [3.05, 3.63) is 23.6 Å². The zero-order chi connectivity index (χ0) is 14.8. The smallest absolute Gasteiger partial charge is 0.257 e. The molecule has 1 aliphatic heterocycles. The topological polar surface area (TPSA) is 45.2 Å². The van der Waals surface area contributed by atoms with Crippen molar-refractivity contribution < 1.29 is 9.18 Å². The highest BCUT2D eigenvalue weighted by Crippen LogP contribution is 2.30. The first-order chi connectivity index (χ1) is 9.43. The summed E-state index contributed by atoms with van der Waals surface area (Å²) >= 11 is 0. The monoisotopic (exact) mass is 279 g/mol. The highest BCUT2D eigenvalue weighted by molar-refractivity contribution is 5.98. The summed E-state index contributed by atoms with van der Waals surface area (Å²) in [5.74, 6) is -0.193. The molecular formula is C15H22FN3O. The lowest BCUT2D eigenvalue weighted by molar-refractivity contribution is 0.0757. The van der Waals surface area contributed by atoms with Crippen LogP contribution in [0.1, 0.15) is 43.5 Å². The molecule has 0 atom stereocenters. The van der Waals surface area contributed by atoms with Crippen molar-refractivity contribution in [1.29, 1.82) is 0 Å². The normalized spacial score (nSPS) is 18.5. The minimum absolute atomic E-state index is 0.140. The average Bonchev–Trinajstić information content (AvgIpc) is 2.59. The van der Waals surface area contributed by atoms with E-state index in [0.717, 1.165) is 32.0 Å².